The minimum absolute atomic E-state index is 0.254. The van der Waals surface area contributed by atoms with Gasteiger partial charge in [0.15, 0.2) is 11.8 Å². The van der Waals surface area contributed by atoms with E-state index in [2.05, 4.69) is 27.6 Å². The summed E-state index contributed by atoms with van der Waals surface area (Å²) in [6, 6.07) is 8.25. The molecule has 1 aromatic heterocycles. The monoisotopic (exact) mass is 416 g/mol. The number of nitrogens with one attached hydrogen (secondary N) is 2. The van der Waals surface area contributed by atoms with Crippen LogP contribution in [0, 0.1) is 0 Å². The first kappa shape index (κ1) is 22.0. The number of hydrogen-bond acceptors (Lipinski definition) is 6. The zero-order valence-electron chi connectivity index (χ0n) is 18.1. The van der Waals surface area contributed by atoms with Crippen LogP contribution in [0.4, 0.5) is 0 Å². The molecule has 1 unspecified atom stereocenters. The zero-order valence-corrected chi connectivity index (χ0v) is 18.1. The van der Waals surface area contributed by atoms with Crippen LogP contribution < -0.4 is 15.4 Å². The van der Waals surface area contributed by atoms with Crippen LogP contribution in [0.5, 0.6) is 5.75 Å². The van der Waals surface area contributed by atoms with E-state index in [-0.39, 0.29) is 6.04 Å². The number of nitrogens with zero attached hydrogens (tertiary/aromatic N) is 4. The van der Waals surface area contributed by atoms with E-state index in [4.69, 9.17) is 19.2 Å². The standard InChI is InChI=1S/C21H32N6O3/c1-4-22-21(23-13-16-5-8-18(9-6-16)30-12-11-28-2)24-17-7-10-20-25-19(15-29-3)26-27(20)14-17/h5-6,8-9,17H,4,7,10-15H2,1-3H3,(H2,22,23,24). The first-order valence-electron chi connectivity index (χ1n) is 10.4. The lowest BCUT2D eigenvalue weighted by molar-refractivity contribution is 0.146. The number of rotatable bonds is 10. The fraction of sp³-hybridized carbons (Fsp3) is 0.571. The van der Waals surface area contributed by atoms with Crippen LogP contribution in [-0.4, -0.2) is 60.7 Å². The second-order valence-electron chi connectivity index (χ2n) is 7.12. The van der Waals surface area contributed by atoms with E-state index < -0.39 is 0 Å². The molecule has 0 radical (unpaired) electrons. The Kier molecular flexibility index (Phi) is 8.46. The van der Waals surface area contributed by atoms with Gasteiger partial charge in [-0.15, -0.1) is 0 Å². The lowest BCUT2D eigenvalue weighted by Gasteiger charge is -2.25. The maximum atomic E-state index is 5.61. The van der Waals surface area contributed by atoms with Crippen molar-refractivity contribution in [2.75, 3.05) is 34.0 Å². The summed E-state index contributed by atoms with van der Waals surface area (Å²) in [6.07, 6.45) is 1.88. The first-order chi connectivity index (χ1) is 14.7. The van der Waals surface area contributed by atoms with Gasteiger partial charge >= 0.3 is 0 Å². The lowest BCUT2D eigenvalue weighted by atomic mass is 10.1. The van der Waals surface area contributed by atoms with E-state index in [0.29, 0.717) is 26.4 Å². The summed E-state index contributed by atoms with van der Waals surface area (Å²) in [5, 5.41) is 11.4. The van der Waals surface area contributed by atoms with Crippen LogP contribution in [-0.2, 0) is 35.6 Å². The molecular weight excluding hydrogens is 384 g/mol. The van der Waals surface area contributed by atoms with Crippen molar-refractivity contribution in [1.82, 2.24) is 25.4 Å². The molecule has 1 aromatic carbocycles. The molecule has 0 bridgehead atoms. The van der Waals surface area contributed by atoms with Gasteiger partial charge in [-0.25, -0.2) is 14.7 Å². The van der Waals surface area contributed by atoms with Crippen LogP contribution in [0.2, 0.25) is 0 Å². The number of aliphatic imine (C=N–C) groups is 1. The second kappa shape index (κ2) is 11.5. The third-order valence-electron chi connectivity index (χ3n) is 4.76. The third-order valence-corrected chi connectivity index (χ3v) is 4.76. The van der Waals surface area contributed by atoms with Gasteiger partial charge in [-0.1, -0.05) is 12.1 Å². The summed E-state index contributed by atoms with van der Waals surface area (Å²) in [5.74, 6) is 3.41. The molecule has 0 fully saturated rings. The maximum absolute atomic E-state index is 5.61. The molecule has 1 aliphatic rings. The maximum Gasteiger partial charge on any atom is 0.191 e. The molecule has 164 valence electrons. The number of hydrogen-bond donors (Lipinski definition) is 2. The molecule has 0 aliphatic carbocycles. The summed E-state index contributed by atoms with van der Waals surface area (Å²) in [6.45, 7) is 5.79. The molecule has 0 saturated carbocycles. The Morgan fingerprint density at radius 1 is 1.20 bits per heavy atom. The average Bonchev–Trinajstić information content (AvgIpc) is 3.15. The van der Waals surface area contributed by atoms with Crippen molar-refractivity contribution in [2.24, 2.45) is 4.99 Å². The highest BCUT2D eigenvalue weighted by molar-refractivity contribution is 5.80. The van der Waals surface area contributed by atoms with E-state index in [0.717, 1.165) is 54.9 Å². The number of fused-ring (bicyclic) bond motifs is 1. The molecule has 0 amide bonds. The molecule has 2 heterocycles. The molecule has 2 N–H and O–H groups in total. The minimum Gasteiger partial charge on any atom is -0.491 e. The van der Waals surface area contributed by atoms with Gasteiger partial charge in [0.2, 0.25) is 0 Å². The quantitative estimate of drug-likeness (QED) is 0.344. The van der Waals surface area contributed by atoms with Crippen molar-refractivity contribution in [3.8, 4) is 5.75 Å². The van der Waals surface area contributed by atoms with Crippen LogP contribution in [0.3, 0.4) is 0 Å². The molecule has 2 aromatic rings. The van der Waals surface area contributed by atoms with Gasteiger partial charge in [-0.3, -0.25) is 0 Å². The summed E-state index contributed by atoms with van der Waals surface area (Å²) in [7, 11) is 3.32. The van der Waals surface area contributed by atoms with Gasteiger partial charge in [-0.2, -0.15) is 5.10 Å². The van der Waals surface area contributed by atoms with Crippen molar-refractivity contribution in [3.05, 3.63) is 41.5 Å². The molecule has 30 heavy (non-hydrogen) atoms. The summed E-state index contributed by atoms with van der Waals surface area (Å²) in [4.78, 5) is 9.27. The topological polar surface area (TPSA) is 94.8 Å². The molecule has 0 saturated heterocycles. The Morgan fingerprint density at radius 3 is 2.77 bits per heavy atom. The highest BCUT2D eigenvalue weighted by atomic mass is 16.5. The van der Waals surface area contributed by atoms with Crippen molar-refractivity contribution in [1.29, 1.82) is 0 Å². The Labute approximate surface area is 177 Å². The SMILES string of the molecule is CCNC(=NCc1ccc(OCCOC)cc1)NC1CCc2nc(COC)nn2C1. The highest BCUT2D eigenvalue weighted by Crippen LogP contribution is 2.14. The van der Waals surface area contributed by atoms with Crippen molar-refractivity contribution in [2.45, 2.75) is 45.5 Å². The summed E-state index contributed by atoms with van der Waals surface area (Å²) in [5.41, 5.74) is 1.12. The van der Waals surface area contributed by atoms with Gasteiger partial charge in [0.1, 0.15) is 24.8 Å². The van der Waals surface area contributed by atoms with Gasteiger partial charge in [0.05, 0.1) is 19.7 Å². The predicted octanol–water partition coefficient (Wildman–Crippen LogP) is 1.52. The van der Waals surface area contributed by atoms with Gasteiger partial charge < -0.3 is 24.8 Å². The lowest BCUT2D eigenvalue weighted by Crippen LogP contribution is -2.47. The fourth-order valence-electron chi connectivity index (χ4n) is 3.29. The van der Waals surface area contributed by atoms with Crippen LogP contribution in [0.25, 0.3) is 0 Å². The van der Waals surface area contributed by atoms with E-state index in [1.165, 1.54) is 0 Å². The second-order valence-corrected chi connectivity index (χ2v) is 7.12. The highest BCUT2D eigenvalue weighted by Gasteiger charge is 2.22. The molecule has 3 rings (SSSR count). The Morgan fingerprint density at radius 2 is 2.03 bits per heavy atom. The molecule has 0 spiro atoms. The fourth-order valence-corrected chi connectivity index (χ4v) is 3.29. The Hall–Kier alpha value is -2.65. The largest absolute Gasteiger partial charge is 0.491 e. The third kappa shape index (κ3) is 6.43. The van der Waals surface area contributed by atoms with Crippen molar-refractivity contribution in [3.63, 3.8) is 0 Å². The Balaban J connectivity index is 1.55. The predicted molar refractivity (Wildman–Crippen MR) is 115 cm³/mol. The van der Waals surface area contributed by atoms with Crippen LogP contribution >= 0.6 is 0 Å². The number of aromatic nitrogens is 3. The summed E-state index contributed by atoms with van der Waals surface area (Å²) < 4.78 is 17.7. The number of methoxy groups -OCH3 is 2. The van der Waals surface area contributed by atoms with E-state index >= 15 is 0 Å². The van der Waals surface area contributed by atoms with Gasteiger partial charge in [0.25, 0.3) is 0 Å². The van der Waals surface area contributed by atoms with Crippen molar-refractivity contribution >= 4 is 5.96 Å². The average molecular weight is 417 g/mol. The van der Waals surface area contributed by atoms with E-state index in [9.17, 15) is 0 Å². The Bertz CT molecular complexity index is 806. The molecule has 1 atom stereocenters. The first-order valence-corrected chi connectivity index (χ1v) is 10.4. The van der Waals surface area contributed by atoms with Crippen LogP contribution in [0.1, 0.15) is 30.6 Å². The number of benzene rings is 1. The van der Waals surface area contributed by atoms with Gasteiger partial charge in [-0.05, 0) is 31.0 Å². The normalized spacial score (nSPS) is 16.2. The molecule has 9 heteroatoms. The van der Waals surface area contributed by atoms with E-state index in [1.807, 2.05) is 28.9 Å². The summed E-state index contributed by atoms with van der Waals surface area (Å²) >= 11 is 0. The molecular formula is C21H32N6O3. The van der Waals surface area contributed by atoms with Crippen molar-refractivity contribution < 1.29 is 14.2 Å². The minimum atomic E-state index is 0.254. The number of aryl methyl sites for hydroxylation is 1. The number of ether oxygens (including phenoxy) is 3. The zero-order chi connectivity index (χ0) is 21.2. The van der Waals surface area contributed by atoms with Gasteiger partial charge in [0, 0.05) is 33.2 Å². The van der Waals surface area contributed by atoms with Crippen LogP contribution in [0.15, 0.2) is 29.3 Å². The van der Waals surface area contributed by atoms with E-state index in [1.54, 1.807) is 14.2 Å². The smallest absolute Gasteiger partial charge is 0.191 e. The molecule has 9 nitrogen and oxygen atoms in total. The number of guanidine groups is 1. The molecule has 1 aliphatic heterocycles.